The summed E-state index contributed by atoms with van der Waals surface area (Å²) in [5.74, 6) is 0.681. The molecule has 1 aromatic rings. The molecular formula is C14H19NO. The molecule has 1 saturated heterocycles. The van der Waals surface area contributed by atoms with Crippen LogP contribution in [0.1, 0.15) is 28.7 Å². The molecule has 1 fully saturated rings. The molecule has 2 heteroatoms. The van der Waals surface area contributed by atoms with Crippen LogP contribution in [-0.2, 0) is 11.2 Å². The Morgan fingerprint density at radius 2 is 1.88 bits per heavy atom. The summed E-state index contributed by atoms with van der Waals surface area (Å²) in [6.07, 6.45) is 1.71. The van der Waals surface area contributed by atoms with Gasteiger partial charge in [-0.3, -0.25) is 4.79 Å². The van der Waals surface area contributed by atoms with Gasteiger partial charge >= 0.3 is 0 Å². The van der Waals surface area contributed by atoms with E-state index in [4.69, 9.17) is 0 Å². The van der Waals surface area contributed by atoms with E-state index in [1.807, 2.05) is 0 Å². The summed E-state index contributed by atoms with van der Waals surface area (Å²) >= 11 is 0. The maximum absolute atomic E-state index is 11.2. The van der Waals surface area contributed by atoms with Crippen molar-refractivity contribution in [2.24, 2.45) is 5.92 Å². The average molecular weight is 217 g/mol. The van der Waals surface area contributed by atoms with Crippen LogP contribution >= 0.6 is 0 Å². The molecule has 1 heterocycles. The second-order valence-corrected chi connectivity index (χ2v) is 4.96. The van der Waals surface area contributed by atoms with E-state index in [0.29, 0.717) is 12.3 Å². The van der Waals surface area contributed by atoms with E-state index in [9.17, 15) is 4.79 Å². The monoisotopic (exact) mass is 217 g/mol. The molecule has 0 aliphatic carbocycles. The van der Waals surface area contributed by atoms with Crippen molar-refractivity contribution in [3.63, 3.8) is 0 Å². The standard InChI is InChI=1S/C14H19NO/c1-9-4-10(2)13(11(3)5-9)6-12-7-14(16)15-8-12/h4-5,12H,6-8H2,1-3H3,(H,15,16). The minimum absolute atomic E-state index is 0.201. The number of hydrogen-bond acceptors (Lipinski definition) is 1. The predicted molar refractivity (Wildman–Crippen MR) is 65.5 cm³/mol. The maximum atomic E-state index is 11.2. The molecule has 1 atom stereocenters. The van der Waals surface area contributed by atoms with E-state index < -0.39 is 0 Å². The lowest BCUT2D eigenvalue weighted by molar-refractivity contribution is -0.119. The fourth-order valence-corrected chi connectivity index (χ4v) is 2.63. The molecule has 86 valence electrons. The molecule has 1 aliphatic rings. The van der Waals surface area contributed by atoms with E-state index in [-0.39, 0.29) is 5.91 Å². The highest BCUT2D eigenvalue weighted by Gasteiger charge is 2.22. The number of hydrogen-bond donors (Lipinski definition) is 1. The molecule has 2 nitrogen and oxygen atoms in total. The molecule has 0 saturated carbocycles. The second kappa shape index (κ2) is 4.28. The van der Waals surface area contributed by atoms with Gasteiger partial charge in [-0.25, -0.2) is 0 Å². The van der Waals surface area contributed by atoms with Gasteiger partial charge in [0.05, 0.1) is 0 Å². The molecule has 1 unspecified atom stereocenters. The number of benzene rings is 1. The van der Waals surface area contributed by atoms with Crippen LogP contribution < -0.4 is 5.32 Å². The summed E-state index contributed by atoms with van der Waals surface area (Å²) in [6.45, 7) is 7.30. The third-order valence-corrected chi connectivity index (χ3v) is 3.40. The topological polar surface area (TPSA) is 29.1 Å². The highest BCUT2D eigenvalue weighted by atomic mass is 16.1. The van der Waals surface area contributed by atoms with Gasteiger partial charge in [0, 0.05) is 13.0 Å². The van der Waals surface area contributed by atoms with E-state index in [2.05, 4.69) is 38.2 Å². The van der Waals surface area contributed by atoms with Crippen molar-refractivity contribution in [2.45, 2.75) is 33.6 Å². The Kier molecular flexibility index (Phi) is 2.99. The molecular weight excluding hydrogens is 198 g/mol. The van der Waals surface area contributed by atoms with Crippen molar-refractivity contribution in [3.8, 4) is 0 Å². The van der Waals surface area contributed by atoms with Gasteiger partial charge in [-0.2, -0.15) is 0 Å². The van der Waals surface area contributed by atoms with Crippen molar-refractivity contribution < 1.29 is 4.79 Å². The number of nitrogens with one attached hydrogen (secondary N) is 1. The molecule has 0 bridgehead atoms. The van der Waals surface area contributed by atoms with Crippen LogP contribution in [0.15, 0.2) is 12.1 Å². The van der Waals surface area contributed by atoms with Crippen LogP contribution in [0.5, 0.6) is 0 Å². The Labute approximate surface area is 97.1 Å². The Bertz CT molecular complexity index is 400. The smallest absolute Gasteiger partial charge is 0.220 e. The zero-order chi connectivity index (χ0) is 11.7. The number of aryl methyl sites for hydroxylation is 3. The summed E-state index contributed by atoms with van der Waals surface area (Å²) in [7, 11) is 0. The molecule has 0 spiro atoms. The van der Waals surface area contributed by atoms with Crippen molar-refractivity contribution in [1.82, 2.24) is 5.32 Å². The fraction of sp³-hybridized carbons (Fsp3) is 0.500. The van der Waals surface area contributed by atoms with Gasteiger partial charge in [0.2, 0.25) is 5.91 Å². The Morgan fingerprint density at radius 1 is 1.25 bits per heavy atom. The van der Waals surface area contributed by atoms with Gasteiger partial charge in [0.1, 0.15) is 0 Å². The first-order valence-corrected chi connectivity index (χ1v) is 5.89. The first kappa shape index (κ1) is 11.2. The minimum atomic E-state index is 0.201. The lowest BCUT2D eigenvalue weighted by Gasteiger charge is -2.14. The summed E-state index contributed by atoms with van der Waals surface area (Å²) in [4.78, 5) is 11.2. The van der Waals surface area contributed by atoms with Gasteiger partial charge in [0.15, 0.2) is 0 Å². The van der Waals surface area contributed by atoms with Crippen LogP contribution in [-0.4, -0.2) is 12.5 Å². The maximum Gasteiger partial charge on any atom is 0.220 e. The van der Waals surface area contributed by atoms with Gasteiger partial charge in [0.25, 0.3) is 0 Å². The van der Waals surface area contributed by atoms with E-state index in [1.165, 1.54) is 22.3 Å². The Morgan fingerprint density at radius 3 is 2.38 bits per heavy atom. The molecule has 0 radical (unpaired) electrons. The predicted octanol–water partition coefficient (Wildman–Crippen LogP) is 2.29. The number of carbonyl (C=O) groups excluding carboxylic acids is 1. The van der Waals surface area contributed by atoms with E-state index in [1.54, 1.807) is 0 Å². The van der Waals surface area contributed by atoms with Crippen molar-refractivity contribution >= 4 is 5.91 Å². The van der Waals surface area contributed by atoms with Gasteiger partial charge < -0.3 is 5.32 Å². The molecule has 1 N–H and O–H groups in total. The number of carbonyl (C=O) groups is 1. The Hall–Kier alpha value is -1.31. The molecule has 16 heavy (non-hydrogen) atoms. The average Bonchev–Trinajstić information content (AvgIpc) is 2.58. The zero-order valence-corrected chi connectivity index (χ0v) is 10.3. The van der Waals surface area contributed by atoms with E-state index in [0.717, 1.165) is 13.0 Å². The third kappa shape index (κ3) is 2.26. The number of amides is 1. The SMILES string of the molecule is Cc1cc(C)c(CC2CNC(=O)C2)c(C)c1. The largest absolute Gasteiger partial charge is 0.356 e. The summed E-state index contributed by atoms with van der Waals surface area (Å²) in [6, 6.07) is 4.46. The van der Waals surface area contributed by atoms with Crippen molar-refractivity contribution in [3.05, 3.63) is 34.4 Å². The lowest BCUT2D eigenvalue weighted by atomic mass is 9.91. The quantitative estimate of drug-likeness (QED) is 0.809. The van der Waals surface area contributed by atoms with Crippen molar-refractivity contribution in [2.75, 3.05) is 6.54 Å². The molecule has 1 aliphatic heterocycles. The fourth-order valence-electron chi connectivity index (χ4n) is 2.63. The summed E-state index contributed by atoms with van der Waals surface area (Å²) in [5.41, 5.74) is 5.46. The van der Waals surface area contributed by atoms with Crippen LogP contribution in [0.4, 0.5) is 0 Å². The van der Waals surface area contributed by atoms with Crippen LogP contribution in [0.2, 0.25) is 0 Å². The second-order valence-electron chi connectivity index (χ2n) is 4.96. The zero-order valence-electron chi connectivity index (χ0n) is 10.3. The molecule has 1 aromatic carbocycles. The van der Waals surface area contributed by atoms with Crippen molar-refractivity contribution in [1.29, 1.82) is 0 Å². The first-order valence-electron chi connectivity index (χ1n) is 5.89. The minimum Gasteiger partial charge on any atom is -0.356 e. The van der Waals surface area contributed by atoms with Gasteiger partial charge in [-0.1, -0.05) is 17.7 Å². The normalized spacial score (nSPS) is 19.9. The van der Waals surface area contributed by atoms with Gasteiger partial charge in [-0.05, 0) is 49.8 Å². The Balaban J connectivity index is 2.18. The highest BCUT2D eigenvalue weighted by molar-refractivity contribution is 5.78. The van der Waals surface area contributed by atoms with Crippen LogP contribution in [0, 0.1) is 26.7 Å². The summed E-state index contributed by atoms with van der Waals surface area (Å²) in [5, 5.41) is 2.90. The third-order valence-electron chi connectivity index (χ3n) is 3.40. The first-order chi connectivity index (χ1) is 7.56. The number of rotatable bonds is 2. The lowest BCUT2D eigenvalue weighted by Crippen LogP contribution is -2.14. The molecule has 2 rings (SSSR count). The molecule has 1 amide bonds. The van der Waals surface area contributed by atoms with Crippen LogP contribution in [0.3, 0.4) is 0 Å². The van der Waals surface area contributed by atoms with Crippen LogP contribution in [0.25, 0.3) is 0 Å². The van der Waals surface area contributed by atoms with E-state index >= 15 is 0 Å². The molecule has 0 aromatic heterocycles. The highest BCUT2D eigenvalue weighted by Crippen LogP contribution is 2.22. The van der Waals surface area contributed by atoms with Gasteiger partial charge in [-0.15, -0.1) is 0 Å². The summed E-state index contributed by atoms with van der Waals surface area (Å²) < 4.78 is 0.